The first-order valence-corrected chi connectivity index (χ1v) is 6.76. The van der Waals surface area contributed by atoms with Gasteiger partial charge in [-0.15, -0.1) is 0 Å². The number of hydrogen-bond donors (Lipinski definition) is 2. The molecule has 2 unspecified atom stereocenters. The van der Waals surface area contributed by atoms with Gasteiger partial charge in [0.2, 0.25) is 5.91 Å². The number of halogens is 1. The van der Waals surface area contributed by atoms with Crippen molar-refractivity contribution in [2.24, 2.45) is 0 Å². The molecule has 1 aliphatic carbocycles. The van der Waals surface area contributed by atoms with Gasteiger partial charge in [0.1, 0.15) is 0 Å². The minimum absolute atomic E-state index is 0.0754. The highest BCUT2D eigenvalue weighted by Gasteiger charge is 2.26. The van der Waals surface area contributed by atoms with E-state index in [0.29, 0.717) is 6.04 Å². The predicted octanol–water partition coefficient (Wildman–Crippen LogP) is 2.66. The molecule has 0 aliphatic heterocycles. The second-order valence-electron chi connectivity index (χ2n) is 4.95. The van der Waals surface area contributed by atoms with Crippen LogP contribution in [0.1, 0.15) is 38.3 Å². The van der Waals surface area contributed by atoms with Crippen molar-refractivity contribution in [3.63, 3.8) is 0 Å². The third kappa shape index (κ3) is 3.72. The summed E-state index contributed by atoms with van der Waals surface area (Å²) in [6.45, 7) is 3.92. The molecule has 0 bridgehead atoms. The van der Waals surface area contributed by atoms with Gasteiger partial charge in [0, 0.05) is 17.1 Å². The van der Waals surface area contributed by atoms with Gasteiger partial charge in [-0.1, -0.05) is 23.7 Å². The number of rotatable bonds is 5. The molecule has 2 atom stereocenters. The van der Waals surface area contributed by atoms with E-state index >= 15 is 0 Å². The lowest BCUT2D eigenvalue weighted by Crippen LogP contribution is -2.43. The zero-order chi connectivity index (χ0) is 13.1. The zero-order valence-electron chi connectivity index (χ0n) is 10.7. The molecule has 98 valence electrons. The van der Waals surface area contributed by atoms with Crippen molar-refractivity contribution in [2.45, 2.75) is 44.8 Å². The van der Waals surface area contributed by atoms with E-state index in [0.717, 1.165) is 23.4 Å². The third-order valence-corrected chi connectivity index (χ3v) is 3.40. The van der Waals surface area contributed by atoms with Gasteiger partial charge in [0.25, 0.3) is 0 Å². The van der Waals surface area contributed by atoms with E-state index < -0.39 is 0 Å². The van der Waals surface area contributed by atoms with Gasteiger partial charge in [-0.3, -0.25) is 10.1 Å². The molecule has 1 amide bonds. The average Bonchev–Trinajstić information content (AvgIpc) is 3.12. The molecule has 0 aromatic heterocycles. The van der Waals surface area contributed by atoms with Gasteiger partial charge >= 0.3 is 0 Å². The SMILES string of the molecule is CC(NC(C)c1cccc(Cl)c1)C(=O)NC1CC1. The topological polar surface area (TPSA) is 41.1 Å². The molecule has 0 heterocycles. The second kappa shape index (κ2) is 5.72. The summed E-state index contributed by atoms with van der Waals surface area (Å²) in [6, 6.07) is 8.01. The molecule has 0 radical (unpaired) electrons. The number of carbonyl (C=O) groups is 1. The molecule has 1 saturated carbocycles. The molecule has 1 fully saturated rings. The molecule has 2 N–H and O–H groups in total. The highest BCUT2D eigenvalue weighted by atomic mass is 35.5. The molecule has 2 rings (SSSR count). The van der Waals surface area contributed by atoms with Crippen LogP contribution in [0, 0.1) is 0 Å². The second-order valence-corrected chi connectivity index (χ2v) is 5.38. The monoisotopic (exact) mass is 266 g/mol. The smallest absolute Gasteiger partial charge is 0.237 e. The Bertz CT molecular complexity index is 432. The fourth-order valence-corrected chi connectivity index (χ4v) is 2.08. The van der Waals surface area contributed by atoms with Gasteiger partial charge in [0.05, 0.1) is 6.04 Å². The van der Waals surface area contributed by atoms with Crippen LogP contribution < -0.4 is 10.6 Å². The quantitative estimate of drug-likeness (QED) is 0.860. The van der Waals surface area contributed by atoms with Crippen molar-refractivity contribution < 1.29 is 4.79 Å². The lowest BCUT2D eigenvalue weighted by atomic mass is 10.1. The molecule has 18 heavy (non-hydrogen) atoms. The summed E-state index contributed by atoms with van der Waals surface area (Å²) < 4.78 is 0. The molecular formula is C14H19ClN2O. The fourth-order valence-electron chi connectivity index (χ4n) is 1.88. The average molecular weight is 267 g/mol. The van der Waals surface area contributed by atoms with Crippen LogP contribution in [0.3, 0.4) is 0 Å². The van der Waals surface area contributed by atoms with Crippen LogP contribution in [0.2, 0.25) is 5.02 Å². The molecule has 0 spiro atoms. The molecule has 1 aromatic rings. The Morgan fingerprint density at radius 2 is 2.11 bits per heavy atom. The van der Waals surface area contributed by atoms with Crippen LogP contribution in [-0.4, -0.2) is 18.0 Å². The summed E-state index contributed by atoms with van der Waals surface area (Å²) in [4.78, 5) is 11.8. The van der Waals surface area contributed by atoms with Crippen LogP contribution in [-0.2, 0) is 4.79 Å². The predicted molar refractivity (Wildman–Crippen MR) is 73.6 cm³/mol. The van der Waals surface area contributed by atoms with Crippen LogP contribution in [0.25, 0.3) is 0 Å². The number of nitrogens with one attached hydrogen (secondary N) is 2. The Kier molecular flexibility index (Phi) is 4.25. The Labute approximate surface area is 113 Å². The van der Waals surface area contributed by atoms with E-state index in [1.165, 1.54) is 0 Å². The first-order chi connectivity index (χ1) is 8.56. The van der Waals surface area contributed by atoms with Gasteiger partial charge < -0.3 is 5.32 Å². The van der Waals surface area contributed by atoms with Crippen molar-refractivity contribution in [1.29, 1.82) is 0 Å². The lowest BCUT2D eigenvalue weighted by molar-refractivity contribution is -0.123. The number of carbonyl (C=O) groups excluding carboxylic acids is 1. The minimum Gasteiger partial charge on any atom is -0.352 e. The van der Waals surface area contributed by atoms with Gasteiger partial charge in [-0.25, -0.2) is 0 Å². The highest BCUT2D eigenvalue weighted by Crippen LogP contribution is 2.20. The number of benzene rings is 1. The minimum atomic E-state index is -0.195. The summed E-state index contributed by atoms with van der Waals surface area (Å²) in [5, 5.41) is 7.00. The van der Waals surface area contributed by atoms with Crippen molar-refractivity contribution >= 4 is 17.5 Å². The maximum atomic E-state index is 11.8. The first kappa shape index (κ1) is 13.4. The molecule has 0 saturated heterocycles. The maximum Gasteiger partial charge on any atom is 0.237 e. The lowest BCUT2D eigenvalue weighted by Gasteiger charge is -2.20. The van der Waals surface area contributed by atoms with E-state index in [2.05, 4.69) is 10.6 Å². The van der Waals surface area contributed by atoms with E-state index in [9.17, 15) is 4.79 Å². The summed E-state index contributed by atoms with van der Waals surface area (Å²) in [7, 11) is 0. The van der Waals surface area contributed by atoms with Crippen LogP contribution in [0.4, 0.5) is 0 Å². The summed E-state index contributed by atoms with van der Waals surface area (Å²) in [6.07, 6.45) is 2.23. The summed E-state index contributed by atoms with van der Waals surface area (Å²) >= 11 is 5.96. The molecule has 1 aliphatic rings. The number of hydrogen-bond acceptors (Lipinski definition) is 2. The number of amides is 1. The van der Waals surface area contributed by atoms with Gasteiger partial charge in [-0.2, -0.15) is 0 Å². The molecule has 4 heteroatoms. The highest BCUT2D eigenvalue weighted by molar-refractivity contribution is 6.30. The normalized spacial score (nSPS) is 18.2. The van der Waals surface area contributed by atoms with Crippen LogP contribution >= 0.6 is 11.6 Å². The van der Waals surface area contributed by atoms with Gasteiger partial charge in [-0.05, 0) is 44.4 Å². The maximum absolute atomic E-state index is 11.8. The van der Waals surface area contributed by atoms with Crippen molar-refractivity contribution in [1.82, 2.24) is 10.6 Å². The van der Waals surface area contributed by atoms with Crippen LogP contribution in [0.15, 0.2) is 24.3 Å². The molecule has 3 nitrogen and oxygen atoms in total. The Morgan fingerprint density at radius 1 is 1.39 bits per heavy atom. The molecular weight excluding hydrogens is 248 g/mol. The van der Waals surface area contributed by atoms with E-state index in [4.69, 9.17) is 11.6 Å². The van der Waals surface area contributed by atoms with E-state index in [1.807, 2.05) is 38.1 Å². The van der Waals surface area contributed by atoms with Crippen LogP contribution in [0.5, 0.6) is 0 Å². The van der Waals surface area contributed by atoms with E-state index in [-0.39, 0.29) is 18.0 Å². The van der Waals surface area contributed by atoms with E-state index in [1.54, 1.807) is 0 Å². The Hall–Kier alpha value is -1.06. The largest absolute Gasteiger partial charge is 0.352 e. The van der Waals surface area contributed by atoms with Crippen molar-refractivity contribution in [2.75, 3.05) is 0 Å². The zero-order valence-corrected chi connectivity index (χ0v) is 11.5. The van der Waals surface area contributed by atoms with Gasteiger partial charge in [0.15, 0.2) is 0 Å². The van der Waals surface area contributed by atoms with Crippen molar-refractivity contribution in [3.8, 4) is 0 Å². The Balaban J connectivity index is 1.89. The third-order valence-electron chi connectivity index (χ3n) is 3.17. The summed E-state index contributed by atoms with van der Waals surface area (Å²) in [5.41, 5.74) is 1.09. The standard InChI is InChI=1S/C14H19ClN2O/c1-9(11-4-3-5-12(15)8-11)16-10(2)14(18)17-13-6-7-13/h3-5,8-10,13,16H,6-7H2,1-2H3,(H,17,18). The first-order valence-electron chi connectivity index (χ1n) is 6.38. The summed E-state index contributed by atoms with van der Waals surface area (Å²) in [5.74, 6) is 0.0754. The Morgan fingerprint density at radius 3 is 2.72 bits per heavy atom. The molecule has 1 aromatic carbocycles. The van der Waals surface area contributed by atoms with Crippen molar-refractivity contribution in [3.05, 3.63) is 34.9 Å². The fraction of sp³-hybridized carbons (Fsp3) is 0.500.